The summed E-state index contributed by atoms with van der Waals surface area (Å²) < 4.78 is 96.1. The number of nitrogens with one attached hydrogen (secondary N) is 1. The molecule has 4 aromatic rings. The molecule has 0 spiro atoms. The van der Waals surface area contributed by atoms with Gasteiger partial charge in [-0.2, -0.15) is 0 Å². The number of phosphoric ester groups is 1. The van der Waals surface area contributed by atoms with E-state index in [1.54, 1.807) is 36.4 Å². The fourth-order valence-electron chi connectivity index (χ4n) is 6.67. The van der Waals surface area contributed by atoms with E-state index in [9.17, 15) is 28.4 Å². The molecule has 2 aromatic heterocycles. The number of ether oxygens (including phenoxy) is 2. The second kappa shape index (κ2) is 16.5. The van der Waals surface area contributed by atoms with Crippen LogP contribution in [0.2, 0.25) is 0 Å². The fraction of sp³-hybridized carbons (Fsp3) is 0.371. The summed E-state index contributed by atoms with van der Waals surface area (Å²) in [4.78, 5) is 61.3. The van der Waals surface area contributed by atoms with Crippen molar-refractivity contribution in [2.75, 3.05) is 24.3 Å². The number of carbonyl (C=O) groups is 3. The number of ketones is 1. The number of nitrogens with zero attached hydrogens (tertiary/aromatic N) is 5. The number of carbonyl (C=O) groups excluding carboxylic acids is 3. The highest BCUT2D eigenvalue weighted by molar-refractivity contribution is 8.54. The lowest BCUT2D eigenvalue weighted by molar-refractivity contribution is -0.148. The molecule has 24 heteroatoms. The average Bonchev–Trinajstić information content (AvgIpc) is 3.86. The number of imidazole rings is 1. The minimum Gasteiger partial charge on any atom is -0.382 e. The molecule has 6 heterocycles. The Hall–Kier alpha value is -4.47. The van der Waals surface area contributed by atoms with Gasteiger partial charge in [-0.25, -0.2) is 32.9 Å². The van der Waals surface area contributed by atoms with Gasteiger partial charge in [-0.15, -0.1) is 0 Å². The van der Waals surface area contributed by atoms with E-state index in [2.05, 4.69) is 20.3 Å². The van der Waals surface area contributed by atoms with Crippen LogP contribution in [0.15, 0.2) is 73.5 Å². The third kappa shape index (κ3) is 8.74. The Kier molecular flexibility index (Phi) is 11.6. The number of anilines is 2. The van der Waals surface area contributed by atoms with E-state index < -0.39 is 95.2 Å². The van der Waals surface area contributed by atoms with Crippen LogP contribution < -0.4 is 11.1 Å². The molecule has 2 unspecified atom stereocenters. The van der Waals surface area contributed by atoms with E-state index in [0.717, 1.165) is 29.1 Å². The van der Waals surface area contributed by atoms with Crippen molar-refractivity contribution in [1.29, 1.82) is 0 Å². The van der Waals surface area contributed by atoms with Gasteiger partial charge in [0.1, 0.15) is 36.3 Å². The number of aromatic nitrogens is 4. The van der Waals surface area contributed by atoms with Gasteiger partial charge in [0, 0.05) is 23.2 Å². The van der Waals surface area contributed by atoms with Crippen LogP contribution in [-0.2, 0) is 52.0 Å². The minimum atomic E-state index is -5.27. The summed E-state index contributed by atoms with van der Waals surface area (Å²) in [6.45, 7) is -4.53. The second-order valence-corrected chi connectivity index (χ2v) is 19.2. The molecule has 3 fully saturated rings. The third-order valence-corrected chi connectivity index (χ3v) is 14.4. The normalized spacial score (nSPS) is 32.6. The van der Waals surface area contributed by atoms with Gasteiger partial charge < -0.3 is 25.4 Å². The van der Waals surface area contributed by atoms with E-state index in [-0.39, 0.29) is 28.6 Å². The summed E-state index contributed by atoms with van der Waals surface area (Å²) in [6.07, 6.45) is -11.1. The Balaban J connectivity index is 1.09. The molecule has 2 aromatic carbocycles. The Morgan fingerprint density at radius 2 is 1.63 bits per heavy atom. The van der Waals surface area contributed by atoms with Gasteiger partial charge >= 0.3 is 14.6 Å². The Labute approximate surface area is 337 Å². The second-order valence-electron chi connectivity index (χ2n) is 13.8. The first-order chi connectivity index (χ1) is 28.2. The lowest BCUT2D eigenvalue weighted by Gasteiger charge is -2.31. The lowest BCUT2D eigenvalue weighted by Crippen LogP contribution is -2.46. The molecular formula is C35H35F2N7O12P2S. The third-order valence-electron chi connectivity index (χ3n) is 9.72. The van der Waals surface area contributed by atoms with Crippen LogP contribution in [0.4, 0.5) is 20.3 Å². The molecule has 10 atom stereocenters. The van der Waals surface area contributed by atoms with E-state index in [0.29, 0.717) is 28.2 Å². The Morgan fingerprint density at radius 3 is 2.34 bits per heavy atom. The maximum atomic E-state index is 16.6. The van der Waals surface area contributed by atoms with E-state index in [1.807, 2.05) is 19.1 Å². The van der Waals surface area contributed by atoms with Crippen molar-refractivity contribution in [3.05, 3.63) is 90.2 Å². The summed E-state index contributed by atoms with van der Waals surface area (Å²) in [6, 6.07) is 13.6. The number of phosphoric acid groups is 1. The van der Waals surface area contributed by atoms with Gasteiger partial charge in [-0.05, 0) is 54.2 Å². The van der Waals surface area contributed by atoms with Gasteiger partial charge in [-0.1, -0.05) is 29.8 Å². The Bertz CT molecular complexity index is 2400. The largest absolute Gasteiger partial charge is 0.472 e. The standard InChI is InChI=1S/C35H35F2N7O12P2S/c1-18-2-6-20(7-3-18)33(47)42-21-8-4-19(5-9-21)15-59-58(50)52-14-24-26(36)29(34(53-24)43-11-10-22(45)12-25(43)46)55-57(48,49)51-13-23-27(37)30(56-58)35(54-23)44-17-41-28-31(38)39-16-40-32(28)44/h2-11,16-17,23-24,26-27,29-30,34-35H,12-15H2,1H3,(H,42,47)(H,48,49)(H2,38,39,40)/t23-,24-,26-,27-,29-,30-,34-,35-,58?/m1/s1. The molecular weight excluding hydrogens is 842 g/mol. The van der Waals surface area contributed by atoms with E-state index in [1.165, 1.54) is 10.9 Å². The van der Waals surface area contributed by atoms with Crippen molar-refractivity contribution in [1.82, 2.24) is 24.4 Å². The van der Waals surface area contributed by atoms with Gasteiger partial charge in [0.15, 0.2) is 42.0 Å². The monoisotopic (exact) mass is 877 g/mol. The Morgan fingerprint density at radius 1 is 0.949 bits per heavy atom. The number of hydrogen-bond acceptors (Lipinski definition) is 16. The summed E-state index contributed by atoms with van der Waals surface area (Å²) in [5.41, 5.74) is 8.66. The number of alkyl halides is 2. The molecule has 4 aliphatic rings. The van der Waals surface area contributed by atoms with Crippen LogP contribution in [0.1, 0.15) is 34.1 Å². The SMILES string of the molecule is Cc1ccc(C(=O)Nc2ccc(CSP3(=O)OC[C@H]4O[C@@H](N5C=CC(=O)CC5=O)[C@H](OP(=O)(O)OC[C@H]5O[C@@H](n6cnc7c(N)ncnc76)[C@H](O3)[C@@H]5F)[C@@H]4F)cc2)cc1. The first-order valence-electron chi connectivity index (χ1n) is 17.9. The quantitative estimate of drug-likeness (QED) is 0.170. The molecule has 8 rings (SSSR count). The first-order valence-corrected chi connectivity index (χ1v) is 22.5. The van der Waals surface area contributed by atoms with Crippen LogP contribution in [0.25, 0.3) is 11.2 Å². The van der Waals surface area contributed by atoms with Gasteiger partial charge in [0.2, 0.25) is 5.91 Å². The number of benzene rings is 2. The number of aryl methyl sites for hydroxylation is 1. The van der Waals surface area contributed by atoms with Crippen molar-refractivity contribution in [2.45, 2.75) is 68.3 Å². The van der Waals surface area contributed by atoms with Crippen molar-refractivity contribution >= 4 is 66.3 Å². The summed E-state index contributed by atoms with van der Waals surface area (Å²) in [7, 11) is -5.27. The number of nitrogens with two attached hydrogens (primary N) is 1. The highest BCUT2D eigenvalue weighted by Gasteiger charge is 2.56. The predicted octanol–water partition coefficient (Wildman–Crippen LogP) is 4.54. The van der Waals surface area contributed by atoms with E-state index >= 15 is 8.78 Å². The number of rotatable bonds is 7. The average molecular weight is 878 g/mol. The molecule has 2 amide bonds. The summed E-state index contributed by atoms with van der Waals surface area (Å²) >= 11 is 0.625. The van der Waals surface area contributed by atoms with Crippen LogP contribution in [-0.4, -0.2) is 103 Å². The highest BCUT2D eigenvalue weighted by atomic mass is 32.7. The zero-order valence-corrected chi connectivity index (χ0v) is 33.3. The first kappa shape index (κ1) is 41.3. The number of hydrogen-bond donors (Lipinski definition) is 3. The molecule has 4 bridgehead atoms. The number of nitrogen functional groups attached to an aromatic ring is 1. The molecule has 3 saturated heterocycles. The predicted molar refractivity (Wildman–Crippen MR) is 204 cm³/mol. The maximum Gasteiger partial charge on any atom is 0.472 e. The van der Waals surface area contributed by atoms with Gasteiger partial charge in [0.25, 0.3) is 5.91 Å². The molecule has 312 valence electrons. The van der Waals surface area contributed by atoms with Crippen LogP contribution in [0.5, 0.6) is 0 Å². The van der Waals surface area contributed by atoms with E-state index in [4.69, 9.17) is 33.3 Å². The maximum absolute atomic E-state index is 16.6. The van der Waals surface area contributed by atoms with Crippen LogP contribution in [0, 0.1) is 6.92 Å². The zero-order chi connectivity index (χ0) is 41.6. The van der Waals surface area contributed by atoms with Crippen LogP contribution in [0.3, 0.4) is 0 Å². The van der Waals surface area contributed by atoms with Gasteiger partial charge in [-0.3, -0.25) is 41.9 Å². The van der Waals surface area contributed by atoms with Crippen molar-refractivity contribution in [3.8, 4) is 0 Å². The number of fused-ring (bicyclic) bond motifs is 5. The molecule has 19 nitrogen and oxygen atoms in total. The molecule has 0 saturated carbocycles. The number of allylic oxidation sites excluding steroid dienone is 1. The van der Waals surface area contributed by atoms with Crippen molar-refractivity contribution in [2.24, 2.45) is 0 Å². The summed E-state index contributed by atoms with van der Waals surface area (Å²) in [5.74, 6) is -1.78. The molecule has 4 aliphatic heterocycles. The number of halogens is 2. The van der Waals surface area contributed by atoms with Crippen molar-refractivity contribution in [3.63, 3.8) is 0 Å². The van der Waals surface area contributed by atoms with Gasteiger partial charge in [0.05, 0.1) is 26.0 Å². The molecule has 0 aliphatic carbocycles. The highest BCUT2D eigenvalue weighted by Crippen LogP contribution is 2.65. The fourth-order valence-corrected chi connectivity index (χ4v) is 10.9. The number of amides is 2. The molecule has 4 N–H and O–H groups in total. The molecule has 0 radical (unpaired) electrons. The minimum absolute atomic E-state index is 0.00886. The van der Waals surface area contributed by atoms with Crippen LogP contribution >= 0.6 is 26.0 Å². The summed E-state index contributed by atoms with van der Waals surface area (Å²) in [5, 5.41) is 2.80. The zero-order valence-electron chi connectivity index (χ0n) is 30.7. The van der Waals surface area contributed by atoms with Crippen molar-refractivity contribution < 1.29 is 64.8 Å². The lowest BCUT2D eigenvalue weighted by atomic mass is 10.1. The smallest absolute Gasteiger partial charge is 0.382 e. The topological polar surface area (TPSA) is 246 Å². The molecule has 59 heavy (non-hydrogen) atoms.